The van der Waals surface area contributed by atoms with Crippen LogP contribution in [0.4, 0.5) is 5.69 Å². The molecule has 0 saturated carbocycles. The number of ether oxygens (including phenoxy) is 2. The third-order valence-electron chi connectivity index (χ3n) is 4.38. The lowest BCUT2D eigenvalue weighted by Gasteiger charge is -2.22. The molecule has 0 spiro atoms. The number of methoxy groups -OCH3 is 1. The topological polar surface area (TPSA) is 74.6 Å². The Morgan fingerprint density at radius 1 is 1.21 bits per heavy atom. The van der Waals surface area contributed by atoms with Crippen LogP contribution in [-0.4, -0.2) is 40.3 Å². The van der Waals surface area contributed by atoms with Gasteiger partial charge in [0.25, 0.3) is 0 Å². The standard InChI is InChI=1S/C23H27N3O3/c1-4-12-26(2)23-15-21(28-3)9-10-22(23)19(16-24)14-18-5-7-20(8-6-18)29-13-11-25-17-27/h5-10,14-15,17H,4,11-13H2,1-3H3,(H,25,27)/b19-14+. The molecule has 0 fully saturated rings. The molecule has 1 N–H and O–H groups in total. The Hall–Kier alpha value is -3.46. The predicted molar refractivity (Wildman–Crippen MR) is 116 cm³/mol. The Balaban J connectivity index is 2.27. The normalized spacial score (nSPS) is 10.8. The SMILES string of the molecule is CCCN(C)c1cc(OC)ccc1/C(C#N)=C/c1ccc(OCCNC=O)cc1. The van der Waals surface area contributed by atoms with Crippen LogP contribution in [0, 0.1) is 11.3 Å². The minimum Gasteiger partial charge on any atom is -0.497 e. The van der Waals surface area contributed by atoms with Gasteiger partial charge < -0.3 is 19.7 Å². The van der Waals surface area contributed by atoms with Crippen molar-refractivity contribution in [3.8, 4) is 17.6 Å². The molecule has 2 rings (SSSR count). The number of amides is 1. The number of carbonyl (C=O) groups excluding carboxylic acids is 1. The number of rotatable bonds is 11. The predicted octanol–water partition coefficient (Wildman–Crippen LogP) is 3.73. The first-order valence-electron chi connectivity index (χ1n) is 9.54. The molecule has 0 aliphatic carbocycles. The number of carbonyl (C=O) groups is 1. The minimum atomic E-state index is 0.399. The Labute approximate surface area is 172 Å². The van der Waals surface area contributed by atoms with Gasteiger partial charge in [-0.3, -0.25) is 4.79 Å². The molecule has 0 radical (unpaired) electrons. The summed E-state index contributed by atoms with van der Waals surface area (Å²) in [5.41, 5.74) is 3.31. The number of nitriles is 1. The van der Waals surface area contributed by atoms with Crippen LogP contribution in [0.2, 0.25) is 0 Å². The monoisotopic (exact) mass is 393 g/mol. The van der Waals surface area contributed by atoms with E-state index in [1.807, 2.05) is 55.6 Å². The van der Waals surface area contributed by atoms with Crippen LogP contribution >= 0.6 is 0 Å². The van der Waals surface area contributed by atoms with Gasteiger partial charge in [0.2, 0.25) is 6.41 Å². The highest BCUT2D eigenvalue weighted by Gasteiger charge is 2.13. The van der Waals surface area contributed by atoms with Crippen molar-refractivity contribution in [3.63, 3.8) is 0 Å². The summed E-state index contributed by atoms with van der Waals surface area (Å²) in [6, 6.07) is 15.6. The van der Waals surface area contributed by atoms with Gasteiger partial charge in [-0.15, -0.1) is 0 Å². The summed E-state index contributed by atoms with van der Waals surface area (Å²) in [5.74, 6) is 1.47. The van der Waals surface area contributed by atoms with Crippen LogP contribution in [0.15, 0.2) is 42.5 Å². The van der Waals surface area contributed by atoms with Crippen LogP contribution in [-0.2, 0) is 4.79 Å². The highest BCUT2D eigenvalue weighted by Crippen LogP contribution is 2.32. The first kappa shape index (κ1) is 21.8. The summed E-state index contributed by atoms with van der Waals surface area (Å²) in [6.45, 7) is 3.85. The fourth-order valence-electron chi connectivity index (χ4n) is 2.92. The molecule has 0 saturated heterocycles. The molecular formula is C23H27N3O3. The zero-order valence-electron chi connectivity index (χ0n) is 17.1. The lowest BCUT2D eigenvalue weighted by atomic mass is 10.0. The van der Waals surface area contributed by atoms with Gasteiger partial charge in [0.15, 0.2) is 0 Å². The van der Waals surface area contributed by atoms with Crippen molar-refractivity contribution >= 4 is 23.7 Å². The van der Waals surface area contributed by atoms with Crippen molar-refractivity contribution in [1.29, 1.82) is 5.26 Å². The molecule has 2 aromatic rings. The third kappa shape index (κ3) is 6.28. The van der Waals surface area contributed by atoms with Crippen LogP contribution in [0.1, 0.15) is 24.5 Å². The van der Waals surface area contributed by atoms with E-state index in [1.54, 1.807) is 7.11 Å². The molecule has 0 unspecified atom stereocenters. The summed E-state index contributed by atoms with van der Waals surface area (Å²) >= 11 is 0. The van der Waals surface area contributed by atoms with E-state index in [9.17, 15) is 10.1 Å². The van der Waals surface area contributed by atoms with Crippen LogP contribution in [0.5, 0.6) is 11.5 Å². The van der Waals surface area contributed by atoms with E-state index in [0.717, 1.165) is 35.5 Å². The van der Waals surface area contributed by atoms with Crippen molar-refractivity contribution in [2.24, 2.45) is 0 Å². The molecule has 0 atom stereocenters. The second-order valence-electron chi connectivity index (χ2n) is 6.46. The number of nitrogens with one attached hydrogen (secondary N) is 1. The average Bonchev–Trinajstić information content (AvgIpc) is 2.76. The lowest BCUT2D eigenvalue weighted by Crippen LogP contribution is -2.19. The van der Waals surface area contributed by atoms with E-state index >= 15 is 0 Å². The van der Waals surface area contributed by atoms with Gasteiger partial charge in [0, 0.05) is 30.9 Å². The molecule has 0 aliphatic rings. The molecule has 152 valence electrons. The Morgan fingerprint density at radius 3 is 2.55 bits per heavy atom. The summed E-state index contributed by atoms with van der Waals surface area (Å²) < 4.78 is 10.9. The van der Waals surface area contributed by atoms with E-state index in [0.29, 0.717) is 30.9 Å². The largest absolute Gasteiger partial charge is 0.497 e. The fourth-order valence-corrected chi connectivity index (χ4v) is 2.92. The summed E-state index contributed by atoms with van der Waals surface area (Å²) in [4.78, 5) is 12.4. The highest BCUT2D eigenvalue weighted by molar-refractivity contribution is 5.94. The van der Waals surface area contributed by atoms with Gasteiger partial charge in [0.1, 0.15) is 18.1 Å². The van der Waals surface area contributed by atoms with Gasteiger partial charge in [-0.2, -0.15) is 5.26 Å². The number of nitrogens with zero attached hydrogens (tertiary/aromatic N) is 2. The van der Waals surface area contributed by atoms with Crippen molar-refractivity contribution < 1.29 is 14.3 Å². The zero-order chi connectivity index (χ0) is 21.1. The van der Waals surface area contributed by atoms with Gasteiger partial charge >= 0.3 is 0 Å². The number of anilines is 1. The van der Waals surface area contributed by atoms with E-state index in [4.69, 9.17) is 9.47 Å². The van der Waals surface area contributed by atoms with Gasteiger partial charge in [-0.25, -0.2) is 0 Å². The molecule has 0 heterocycles. The number of hydrogen-bond acceptors (Lipinski definition) is 5. The number of hydrogen-bond donors (Lipinski definition) is 1. The zero-order valence-corrected chi connectivity index (χ0v) is 17.1. The van der Waals surface area contributed by atoms with Gasteiger partial charge in [-0.1, -0.05) is 19.1 Å². The molecule has 0 aromatic heterocycles. The maximum atomic E-state index is 10.2. The lowest BCUT2D eigenvalue weighted by molar-refractivity contribution is -0.109. The number of benzene rings is 2. The first-order chi connectivity index (χ1) is 14.1. The van der Waals surface area contributed by atoms with E-state index in [1.165, 1.54) is 0 Å². The van der Waals surface area contributed by atoms with Crippen molar-refractivity contribution in [2.75, 3.05) is 38.8 Å². The van der Waals surface area contributed by atoms with E-state index < -0.39 is 0 Å². The van der Waals surface area contributed by atoms with Crippen LogP contribution in [0.25, 0.3) is 11.6 Å². The molecule has 0 aliphatic heterocycles. The van der Waals surface area contributed by atoms with Crippen LogP contribution < -0.4 is 19.7 Å². The van der Waals surface area contributed by atoms with Crippen molar-refractivity contribution in [2.45, 2.75) is 13.3 Å². The van der Waals surface area contributed by atoms with Crippen molar-refractivity contribution in [3.05, 3.63) is 53.6 Å². The summed E-state index contributed by atoms with van der Waals surface area (Å²) in [6.07, 6.45) is 3.51. The quantitative estimate of drug-likeness (QED) is 0.272. The second-order valence-corrected chi connectivity index (χ2v) is 6.46. The third-order valence-corrected chi connectivity index (χ3v) is 4.38. The molecule has 0 bridgehead atoms. The van der Waals surface area contributed by atoms with E-state index in [-0.39, 0.29) is 0 Å². The highest BCUT2D eigenvalue weighted by atomic mass is 16.5. The number of allylic oxidation sites excluding steroid dienone is 1. The second kappa shape index (κ2) is 11.4. The smallest absolute Gasteiger partial charge is 0.207 e. The maximum Gasteiger partial charge on any atom is 0.207 e. The average molecular weight is 393 g/mol. The molecule has 29 heavy (non-hydrogen) atoms. The first-order valence-corrected chi connectivity index (χ1v) is 9.54. The van der Waals surface area contributed by atoms with Crippen molar-refractivity contribution in [1.82, 2.24) is 5.32 Å². The summed E-state index contributed by atoms with van der Waals surface area (Å²) in [7, 11) is 3.65. The molecule has 1 amide bonds. The molecule has 6 heteroatoms. The minimum absolute atomic E-state index is 0.399. The Morgan fingerprint density at radius 2 is 1.93 bits per heavy atom. The van der Waals surface area contributed by atoms with Crippen LogP contribution in [0.3, 0.4) is 0 Å². The fraction of sp³-hybridized carbons (Fsp3) is 0.304. The van der Waals surface area contributed by atoms with E-state index in [2.05, 4.69) is 23.2 Å². The van der Waals surface area contributed by atoms with Gasteiger partial charge in [-0.05, 0) is 42.3 Å². The molecule has 6 nitrogen and oxygen atoms in total. The summed E-state index contributed by atoms with van der Waals surface area (Å²) in [5, 5.41) is 12.3. The maximum absolute atomic E-state index is 10.2. The Bertz CT molecular complexity index is 870. The molecule has 2 aromatic carbocycles. The van der Waals surface area contributed by atoms with Gasteiger partial charge in [0.05, 0.1) is 25.3 Å². The Kier molecular flexibility index (Phi) is 8.58. The molecular weight excluding hydrogens is 366 g/mol.